The molecule has 0 aliphatic carbocycles. The first-order valence-electron chi connectivity index (χ1n) is 5.62. The van der Waals surface area contributed by atoms with E-state index in [2.05, 4.69) is 5.32 Å². The summed E-state index contributed by atoms with van der Waals surface area (Å²) in [6.07, 6.45) is 0. The van der Waals surface area contributed by atoms with Gasteiger partial charge in [-0.3, -0.25) is 4.79 Å². The van der Waals surface area contributed by atoms with Crippen LogP contribution in [0.2, 0.25) is 10.0 Å². The number of carbonyl (C=O) groups excluding carboxylic acids is 1. The molecule has 4 nitrogen and oxygen atoms in total. The molecule has 104 valence electrons. The summed E-state index contributed by atoms with van der Waals surface area (Å²) in [5.41, 5.74) is -0.545. The molecule has 1 rings (SSSR count). The highest BCUT2D eigenvalue weighted by Crippen LogP contribution is 2.25. The zero-order chi connectivity index (χ0) is 14.8. The van der Waals surface area contributed by atoms with Crippen LogP contribution in [-0.4, -0.2) is 23.0 Å². The molecule has 1 amide bonds. The minimum absolute atomic E-state index is 0.0846. The monoisotopic (exact) mass is 303 g/mol. The number of hydrogen-bond donors (Lipinski definition) is 2. The molecule has 0 aromatic heterocycles. The van der Waals surface area contributed by atoms with Crippen molar-refractivity contribution in [2.24, 2.45) is 5.41 Å². The van der Waals surface area contributed by atoms with E-state index >= 15 is 0 Å². The minimum atomic E-state index is -1.11. The average molecular weight is 304 g/mol. The molecule has 0 spiro atoms. The van der Waals surface area contributed by atoms with Crippen molar-refractivity contribution in [3.8, 4) is 0 Å². The van der Waals surface area contributed by atoms with Crippen molar-refractivity contribution in [1.29, 1.82) is 0 Å². The van der Waals surface area contributed by atoms with Crippen LogP contribution >= 0.6 is 23.2 Å². The largest absolute Gasteiger partial charge is 0.480 e. The molecule has 0 saturated heterocycles. The van der Waals surface area contributed by atoms with E-state index in [4.69, 9.17) is 28.3 Å². The maximum absolute atomic E-state index is 12.1. The Labute approximate surface area is 121 Å². The second-order valence-corrected chi connectivity index (χ2v) is 6.02. The molecule has 0 heterocycles. The first-order valence-corrected chi connectivity index (χ1v) is 6.38. The fourth-order valence-electron chi connectivity index (χ4n) is 1.57. The third-order valence-corrected chi connectivity index (χ3v) is 3.21. The molecule has 1 atom stereocenters. The minimum Gasteiger partial charge on any atom is -0.480 e. The molecule has 0 fully saturated rings. The Hall–Kier alpha value is -1.26. The number of nitrogens with one attached hydrogen (secondary N) is 1. The van der Waals surface area contributed by atoms with Crippen molar-refractivity contribution in [3.05, 3.63) is 33.8 Å². The fraction of sp³-hybridized carbons (Fsp3) is 0.385. The number of rotatable bonds is 3. The molecule has 19 heavy (non-hydrogen) atoms. The third kappa shape index (κ3) is 3.85. The van der Waals surface area contributed by atoms with Gasteiger partial charge in [0.05, 0.1) is 15.6 Å². The van der Waals surface area contributed by atoms with Gasteiger partial charge >= 0.3 is 5.97 Å². The summed E-state index contributed by atoms with van der Waals surface area (Å²) >= 11 is 11.8. The number of benzene rings is 1. The number of carboxylic acid groups (broad SMARTS) is 1. The zero-order valence-electron chi connectivity index (χ0n) is 10.8. The fourth-order valence-corrected chi connectivity index (χ4v) is 2.14. The summed E-state index contributed by atoms with van der Waals surface area (Å²) < 4.78 is 0. The van der Waals surface area contributed by atoms with Gasteiger partial charge in [0.1, 0.15) is 6.04 Å². The summed E-state index contributed by atoms with van der Waals surface area (Å²) in [5.74, 6) is -1.71. The van der Waals surface area contributed by atoms with E-state index in [1.54, 1.807) is 26.8 Å². The molecule has 0 bridgehead atoms. The second kappa shape index (κ2) is 5.80. The maximum atomic E-state index is 12.1. The van der Waals surface area contributed by atoms with Crippen molar-refractivity contribution in [3.63, 3.8) is 0 Å². The number of hydrogen-bond acceptors (Lipinski definition) is 2. The van der Waals surface area contributed by atoms with Crippen molar-refractivity contribution in [2.45, 2.75) is 26.8 Å². The predicted molar refractivity (Wildman–Crippen MR) is 74.8 cm³/mol. The van der Waals surface area contributed by atoms with Gasteiger partial charge in [0, 0.05) is 0 Å². The van der Waals surface area contributed by atoms with Crippen LogP contribution in [0.3, 0.4) is 0 Å². The summed E-state index contributed by atoms with van der Waals surface area (Å²) in [7, 11) is 0. The van der Waals surface area contributed by atoms with Gasteiger partial charge in [-0.1, -0.05) is 50.0 Å². The summed E-state index contributed by atoms with van der Waals surface area (Å²) in [4.78, 5) is 23.3. The number of carboxylic acids is 1. The Morgan fingerprint density at radius 2 is 1.68 bits per heavy atom. The van der Waals surface area contributed by atoms with Crippen LogP contribution in [0.5, 0.6) is 0 Å². The van der Waals surface area contributed by atoms with Crippen molar-refractivity contribution in [1.82, 2.24) is 5.32 Å². The highest BCUT2D eigenvalue weighted by molar-refractivity contribution is 6.39. The first-order chi connectivity index (χ1) is 8.64. The van der Waals surface area contributed by atoms with Gasteiger partial charge in [-0.05, 0) is 17.5 Å². The smallest absolute Gasteiger partial charge is 0.326 e. The lowest BCUT2D eigenvalue weighted by molar-refractivity contribution is -0.142. The van der Waals surface area contributed by atoms with Crippen LogP contribution in [0.1, 0.15) is 31.1 Å². The van der Waals surface area contributed by atoms with E-state index in [-0.39, 0.29) is 15.6 Å². The van der Waals surface area contributed by atoms with Crippen LogP contribution in [0.15, 0.2) is 18.2 Å². The highest BCUT2D eigenvalue weighted by Gasteiger charge is 2.33. The lowest BCUT2D eigenvalue weighted by Gasteiger charge is -2.28. The Kier molecular flexibility index (Phi) is 4.82. The Balaban J connectivity index is 3.05. The normalized spacial score (nSPS) is 12.9. The van der Waals surface area contributed by atoms with Gasteiger partial charge in [-0.25, -0.2) is 4.79 Å². The quantitative estimate of drug-likeness (QED) is 0.901. The summed E-state index contributed by atoms with van der Waals surface area (Å²) in [6, 6.07) is 3.62. The molecule has 0 unspecified atom stereocenters. The molecular formula is C13H15Cl2NO3. The summed E-state index contributed by atoms with van der Waals surface area (Å²) in [5, 5.41) is 12.0. The molecule has 0 saturated carbocycles. The number of amides is 1. The molecule has 0 aliphatic heterocycles. The lowest BCUT2D eigenvalue weighted by atomic mass is 9.86. The van der Waals surface area contributed by atoms with E-state index in [9.17, 15) is 9.59 Å². The van der Waals surface area contributed by atoms with Gasteiger partial charge in [-0.2, -0.15) is 0 Å². The van der Waals surface area contributed by atoms with Crippen LogP contribution in [0, 0.1) is 5.41 Å². The topological polar surface area (TPSA) is 66.4 Å². The van der Waals surface area contributed by atoms with Gasteiger partial charge in [0.2, 0.25) is 0 Å². The second-order valence-electron chi connectivity index (χ2n) is 5.21. The van der Waals surface area contributed by atoms with Crippen LogP contribution < -0.4 is 5.32 Å². The highest BCUT2D eigenvalue weighted by atomic mass is 35.5. The number of carbonyl (C=O) groups is 2. The van der Waals surface area contributed by atoms with Crippen LogP contribution in [0.25, 0.3) is 0 Å². The van der Waals surface area contributed by atoms with Crippen molar-refractivity contribution in [2.75, 3.05) is 0 Å². The Morgan fingerprint density at radius 3 is 2.05 bits per heavy atom. The zero-order valence-corrected chi connectivity index (χ0v) is 12.3. The van der Waals surface area contributed by atoms with E-state index in [0.29, 0.717) is 0 Å². The molecule has 1 aromatic rings. The molecular weight excluding hydrogens is 289 g/mol. The molecule has 2 N–H and O–H groups in total. The molecule has 0 radical (unpaired) electrons. The van der Waals surface area contributed by atoms with E-state index < -0.39 is 23.3 Å². The predicted octanol–water partition coefficient (Wildman–Crippen LogP) is 3.22. The molecule has 1 aromatic carbocycles. The Bertz CT molecular complexity index is 489. The van der Waals surface area contributed by atoms with Crippen molar-refractivity contribution < 1.29 is 14.7 Å². The van der Waals surface area contributed by atoms with E-state index in [1.807, 2.05) is 0 Å². The van der Waals surface area contributed by atoms with Gasteiger partial charge in [0.15, 0.2) is 0 Å². The number of aliphatic carboxylic acids is 1. The standard InChI is InChI=1S/C13H15Cl2NO3/c1-13(2,3)10(12(18)19)16-11(17)9-7(14)5-4-6-8(9)15/h4-6,10H,1-3H3,(H,16,17)(H,18,19)/t10-/m1/s1. The van der Waals surface area contributed by atoms with Crippen LogP contribution in [0.4, 0.5) is 0 Å². The molecule has 6 heteroatoms. The Morgan fingerprint density at radius 1 is 1.21 bits per heavy atom. The average Bonchev–Trinajstić information content (AvgIpc) is 2.23. The lowest BCUT2D eigenvalue weighted by Crippen LogP contribution is -2.49. The first kappa shape index (κ1) is 15.8. The maximum Gasteiger partial charge on any atom is 0.326 e. The van der Waals surface area contributed by atoms with E-state index in [1.165, 1.54) is 12.1 Å². The van der Waals surface area contributed by atoms with Crippen molar-refractivity contribution >= 4 is 35.1 Å². The third-order valence-electron chi connectivity index (χ3n) is 2.58. The molecule has 0 aliphatic rings. The van der Waals surface area contributed by atoms with Gasteiger partial charge < -0.3 is 10.4 Å². The van der Waals surface area contributed by atoms with Gasteiger partial charge in [0.25, 0.3) is 5.91 Å². The van der Waals surface area contributed by atoms with E-state index in [0.717, 1.165) is 0 Å². The van der Waals surface area contributed by atoms with Crippen LogP contribution in [-0.2, 0) is 4.79 Å². The summed E-state index contributed by atoms with van der Waals surface area (Å²) in [6.45, 7) is 5.17. The van der Waals surface area contributed by atoms with Gasteiger partial charge in [-0.15, -0.1) is 0 Å². The number of halogens is 2. The SMILES string of the molecule is CC(C)(C)[C@H](NC(=O)c1c(Cl)cccc1Cl)C(=O)O.